The molecule has 0 aliphatic rings. The molecule has 0 amide bonds. The van der Waals surface area contributed by atoms with Crippen molar-refractivity contribution in [3.63, 3.8) is 0 Å². The van der Waals surface area contributed by atoms with Crippen LogP contribution in [0.5, 0.6) is 0 Å². The van der Waals surface area contributed by atoms with Crippen molar-refractivity contribution in [3.8, 4) is 5.69 Å². The normalized spacial score (nSPS) is 11.7. The maximum Gasteiger partial charge on any atom is 0.280 e. The van der Waals surface area contributed by atoms with Crippen LogP contribution in [0.15, 0.2) is 58.4 Å². The molecule has 0 atom stereocenters. The molecule has 5 rings (SSSR count). The first-order valence-corrected chi connectivity index (χ1v) is 9.39. The van der Waals surface area contributed by atoms with Gasteiger partial charge in [-0.05, 0) is 31.5 Å². The Morgan fingerprint density at radius 3 is 2.73 bits per heavy atom. The third kappa shape index (κ3) is 2.93. The number of para-hydroxylation sites is 2. The molecule has 0 aliphatic heterocycles. The van der Waals surface area contributed by atoms with Gasteiger partial charge in [-0.1, -0.05) is 36.4 Å². The fourth-order valence-electron chi connectivity index (χ4n) is 3.42. The van der Waals surface area contributed by atoms with Crippen molar-refractivity contribution < 1.29 is 0 Å². The van der Waals surface area contributed by atoms with E-state index in [1.54, 1.807) is 0 Å². The van der Waals surface area contributed by atoms with Gasteiger partial charge in [-0.3, -0.25) is 9.89 Å². The molecule has 5 aromatic rings. The Labute approximate surface area is 170 Å². The maximum absolute atomic E-state index is 12.7. The third-order valence-electron chi connectivity index (χ3n) is 4.95. The monoisotopic (exact) mass is 398 g/mol. The van der Waals surface area contributed by atoms with E-state index in [4.69, 9.17) is 0 Å². The van der Waals surface area contributed by atoms with E-state index in [9.17, 15) is 4.79 Å². The Kier molecular flexibility index (Phi) is 4.13. The molecule has 0 bridgehead atoms. The number of nitrogens with zero attached hydrogens (tertiary/aromatic N) is 5. The summed E-state index contributed by atoms with van der Waals surface area (Å²) < 4.78 is 1.48. The highest BCUT2D eigenvalue weighted by molar-refractivity contribution is 6.04. The summed E-state index contributed by atoms with van der Waals surface area (Å²) in [7, 11) is 0. The van der Waals surface area contributed by atoms with Crippen LogP contribution in [0, 0.1) is 13.8 Å². The minimum absolute atomic E-state index is 0.190. The molecule has 9 nitrogen and oxygen atoms in total. The van der Waals surface area contributed by atoms with Gasteiger partial charge in [-0.25, -0.2) is 10.1 Å². The van der Waals surface area contributed by atoms with Crippen molar-refractivity contribution in [3.05, 3.63) is 75.7 Å². The number of hydrazone groups is 1. The first-order chi connectivity index (χ1) is 14.6. The van der Waals surface area contributed by atoms with E-state index in [-0.39, 0.29) is 11.5 Å². The number of anilines is 1. The van der Waals surface area contributed by atoms with Crippen LogP contribution in [0.25, 0.3) is 27.8 Å². The molecule has 0 unspecified atom stereocenters. The van der Waals surface area contributed by atoms with Crippen molar-refractivity contribution >= 4 is 34.2 Å². The Balaban J connectivity index is 1.43. The zero-order valence-corrected chi connectivity index (χ0v) is 16.3. The van der Waals surface area contributed by atoms with Gasteiger partial charge < -0.3 is 4.98 Å². The van der Waals surface area contributed by atoms with Crippen LogP contribution in [-0.4, -0.2) is 36.2 Å². The third-order valence-corrected chi connectivity index (χ3v) is 4.95. The number of H-pyrrole nitrogens is 2. The lowest BCUT2D eigenvalue weighted by molar-refractivity contribution is 0.835. The first-order valence-electron chi connectivity index (χ1n) is 9.39. The van der Waals surface area contributed by atoms with Crippen LogP contribution >= 0.6 is 0 Å². The molecule has 30 heavy (non-hydrogen) atoms. The summed E-state index contributed by atoms with van der Waals surface area (Å²) in [6, 6.07) is 15.3. The Hall–Kier alpha value is -4.27. The van der Waals surface area contributed by atoms with E-state index in [0.717, 1.165) is 22.2 Å². The van der Waals surface area contributed by atoms with Crippen LogP contribution < -0.4 is 11.0 Å². The summed E-state index contributed by atoms with van der Waals surface area (Å²) in [5.74, 6) is 0.236. The standard InChI is InChI=1S/C21H18N8O/c1-12-7-6-10-15-17(12)23-19-18(15)25-27-21(24-19)26-22-11-16-13(2)28-29(20(16)30)14-8-4-3-5-9-14/h3-11,28H,1-2H3,(H2,23,24,26,27)/b22-11-. The molecule has 0 saturated carbocycles. The molecule has 0 fully saturated rings. The number of aromatic amines is 2. The van der Waals surface area contributed by atoms with Gasteiger partial charge in [0, 0.05) is 11.1 Å². The molecule has 0 radical (unpaired) electrons. The average molecular weight is 398 g/mol. The highest BCUT2D eigenvalue weighted by Crippen LogP contribution is 2.24. The molecule has 9 heteroatoms. The largest absolute Gasteiger partial charge is 0.337 e. The Morgan fingerprint density at radius 2 is 1.90 bits per heavy atom. The van der Waals surface area contributed by atoms with Crippen molar-refractivity contribution in [1.82, 2.24) is 29.9 Å². The van der Waals surface area contributed by atoms with E-state index >= 15 is 0 Å². The molecule has 3 heterocycles. The fourth-order valence-corrected chi connectivity index (χ4v) is 3.42. The number of aromatic nitrogens is 6. The number of hydrogen-bond donors (Lipinski definition) is 3. The molecule has 0 aliphatic carbocycles. The molecular weight excluding hydrogens is 380 g/mol. The van der Waals surface area contributed by atoms with Gasteiger partial charge in [0.15, 0.2) is 5.65 Å². The summed E-state index contributed by atoms with van der Waals surface area (Å²) in [5, 5.41) is 16.5. The van der Waals surface area contributed by atoms with E-state index in [0.29, 0.717) is 22.4 Å². The molecule has 3 N–H and O–H groups in total. The van der Waals surface area contributed by atoms with Crippen molar-refractivity contribution in [2.45, 2.75) is 13.8 Å². The lowest BCUT2D eigenvalue weighted by atomic mass is 10.1. The molecular formula is C21H18N8O. The first kappa shape index (κ1) is 17.8. The summed E-state index contributed by atoms with van der Waals surface area (Å²) in [5.41, 5.74) is 7.88. The Morgan fingerprint density at radius 1 is 1.07 bits per heavy atom. The van der Waals surface area contributed by atoms with Gasteiger partial charge in [0.2, 0.25) is 0 Å². The molecule has 0 saturated heterocycles. The highest BCUT2D eigenvalue weighted by atomic mass is 16.1. The minimum atomic E-state index is -0.190. The summed E-state index contributed by atoms with van der Waals surface area (Å²) >= 11 is 0. The van der Waals surface area contributed by atoms with Gasteiger partial charge in [-0.15, -0.1) is 10.2 Å². The predicted octanol–water partition coefficient (Wildman–Crippen LogP) is 3.05. The number of nitrogens with one attached hydrogen (secondary N) is 3. The van der Waals surface area contributed by atoms with Crippen LogP contribution in [0.1, 0.15) is 16.8 Å². The van der Waals surface area contributed by atoms with Crippen LogP contribution in [0.4, 0.5) is 5.95 Å². The zero-order chi connectivity index (χ0) is 20.7. The molecule has 2 aromatic carbocycles. The minimum Gasteiger partial charge on any atom is -0.337 e. The number of benzene rings is 2. The van der Waals surface area contributed by atoms with Crippen molar-refractivity contribution in [1.29, 1.82) is 0 Å². The quantitative estimate of drug-likeness (QED) is 0.318. The summed E-state index contributed by atoms with van der Waals surface area (Å²) in [6.07, 6.45) is 1.45. The SMILES string of the molecule is Cc1[nH]n(-c2ccccc2)c(=O)c1/C=N\Nc1nnc2c(n1)[nH]c1c(C)cccc12. The second-order valence-electron chi connectivity index (χ2n) is 6.95. The van der Waals surface area contributed by atoms with Crippen LogP contribution in [0.3, 0.4) is 0 Å². The van der Waals surface area contributed by atoms with E-state index < -0.39 is 0 Å². The topological polar surface area (TPSA) is 117 Å². The molecule has 148 valence electrons. The predicted molar refractivity (Wildman–Crippen MR) is 116 cm³/mol. The Bertz CT molecular complexity index is 1460. The van der Waals surface area contributed by atoms with Crippen LogP contribution in [-0.2, 0) is 0 Å². The second-order valence-corrected chi connectivity index (χ2v) is 6.95. The summed E-state index contributed by atoms with van der Waals surface area (Å²) in [6.45, 7) is 3.84. The van der Waals surface area contributed by atoms with Crippen molar-refractivity contribution in [2.75, 3.05) is 5.43 Å². The molecule has 3 aromatic heterocycles. The van der Waals surface area contributed by atoms with E-state index in [1.165, 1.54) is 10.9 Å². The van der Waals surface area contributed by atoms with Gasteiger partial charge in [-0.2, -0.15) is 10.1 Å². The number of rotatable bonds is 4. The fraction of sp³-hybridized carbons (Fsp3) is 0.0952. The van der Waals surface area contributed by atoms with E-state index in [1.807, 2.05) is 62.4 Å². The van der Waals surface area contributed by atoms with Gasteiger partial charge >= 0.3 is 0 Å². The number of hydrogen-bond acceptors (Lipinski definition) is 6. The lowest BCUT2D eigenvalue weighted by Crippen LogP contribution is -2.17. The maximum atomic E-state index is 12.7. The average Bonchev–Trinajstić information content (AvgIpc) is 3.27. The highest BCUT2D eigenvalue weighted by Gasteiger charge is 2.12. The molecule has 0 spiro atoms. The summed E-state index contributed by atoms with van der Waals surface area (Å²) in [4.78, 5) is 20.4. The number of fused-ring (bicyclic) bond motifs is 3. The van der Waals surface area contributed by atoms with Crippen molar-refractivity contribution in [2.24, 2.45) is 5.10 Å². The number of aryl methyl sites for hydroxylation is 2. The second kappa shape index (κ2) is 6.96. The smallest absolute Gasteiger partial charge is 0.280 e. The van der Waals surface area contributed by atoms with Gasteiger partial charge in [0.25, 0.3) is 11.5 Å². The van der Waals surface area contributed by atoms with E-state index in [2.05, 4.69) is 35.8 Å². The lowest BCUT2D eigenvalue weighted by Gasteiger charge is -1.99. The van der Waals surface area contributed by atoms with Crippen LogP contribution in [0.2, 0.25) is 0 Å². The van der Waals surface area contributed by atoms with Gasteiger partial charge in [0.05, 0.1) is 23.0 Å². The zero-order valence-electron chi connectivity index (χ0n) is 16.3. The van der Waals surface area contributed by atoms with Gasteiger partial charge in [0.1, 0.15) is 5.52 Å².